The molecule has 1 fully saturated rings. The number of aromatic nitrogens is 2. The van der Waals surface area contributed by atoms with Crippen molar-refractivity contribution in [3.63, 3.8) is 0 Å². The number of aliphatic hydroxyl groups is 1. The highest BCUT2D eigenvalue weighted by Crippen LogP contribution is 2.60. The van der Waals surface area contributed by atoms with Gasteiger partial charge in [0.2, 0.25) is 5.91 Å². The number of nitro benzene ring substituents is 1. The molecule has 3 heterocycles. The van der Waals surface area contributed by atoms with Crippen LogP contribution >= 0.6 is 0 Å². The van der Waals surface area contributed by atoms with E-state index in [2.05, 4.69) is 18.2 Å². The minimum Gasteiger partial charge on any atom is -0.497 e. The van der Waals surface area contributed by atoms with Gasteiger partial charge in [-0.1, -0.05) is 98.0 Å². The van der Waals surface area contributed by atoms with Crippen LogP contribution in [0.5, 0.6) is 5.75 Å². The van der Waals surface area contributed by atoms with Crippen molar-refractivity contribution in [2.75, 3.05) is 25.2 Å². The number of nitro groups is 1. The van der Waals surface area contributed by atoms with Gasteiger partial charge in [-0.3, -0.25) is 24.5 Å². The molecule has 13 nitrogen and oxygen atoms in total. The molecule has 1 aromatic heterocycles. The summed E-state index contributed by atoms with van der Waals surface area (Å²) in [7, 11) is -1.07. The Morgan fingerprint density at radius 3 is 2.34 bits per heavy atom. The lowest BCUT2D eigenvalue weighted by Crippen LogP contribution is -2.52. The van der Waals surface area contributed by atoms with Gasteiger partial charge in [0, 0.05) is 42.1 Å². The molecule has 4 atom stereocenters. The molecule has 14 heteroatoms. The Hall–Kier alpha value is -6.48. The van der Waals surface area contributed by atoms with Crippen LogP contribution in [0.4, 0.5) is 11.4 Å². The summed E-state index contributed by atoms with van der Waals surface area (Å²) in [6, 6.07) is 36.3. The van der Waals surface area contributed by atoms with E-state index < -0.39 is 30.6 Å². The number of non-ortho nitro benzene ring substituents is 1. The van der Waals surface area contributed by atoms with Crippen LogP contribution in [-0.4, -0.2) is 71.0 Å². The molecule has 1 spiro atoms. The van der Waals surface area contributed by atoms with E-state index in [-0.39, 0.29) is 61.3 Å². The van der Waals surface area contributed by atoms with Crippen molar-refractivity contribution >= 4 is 47.2 Å². The van der Waals surface area contributed by atoms with Crippen molar-refractivity contribution in [2.45, 2.75) is 56.8 Å². The van der Waals surface area contributed by atoms with Crippen LogP contribution in [0, 0.1) is 16.0 Å². The summed E-state index contributed by atoms with van der Waals surface area (Å²) in [5, 5.41) is 29.1. The van der Waals surface area contributed by atoms with E-state index in [1.165, 1.54) is 16.8 Å². The van der Waals surface area contributed by atoms with Gasteiger partial charge in [0.15, 0.2) is 5.60 Å². The van der Waals surface area contributed by atoms with Crippen molar-refractivity contribution in [1.29, 1.82) is 0 Å². The van der Waals surface area contributed by atoms with Gasteiger partial charge in [-0.25, -0.2) is 0 Å². The second-order valence-corrected chi connectivity index (χ2v) is 21.0. The summed E-state index contributed by atoms with van der Waals surface area (Å²) in [4.78, 5) is 58.2. The van der Waals surface area contributed by atoms with Crippen LogP contribution < -0.4 is 20.4 Å². The number of ether oxygens (including phenoxy) is 2. The minimum atomic E-state index is -2.68. The summed E-state index contributed by atoms with van der Waals surface area (Å²) in [5.41, 5.74) is 0.666. The number of benzene rings is 5. The highest BCUT2D eigenvalue weighted by Gasteiger charge is 2.66. The third-order valence-corrected chi connectivity index (χ3v) is 16.9. The summed E-state index contributed by atoms with van der Waals surface area (Å²) in [6.45, 7) is 6.64. The van der Waals surface area contributed by atoms with Gasteiger partial charge in [-0.05, 0) is 53.1 Å². The molecule has 1 saturated heterocycles. The molecule has 1 N–H and O–H groups in total. The van der Waals surface area contributed by atoms with Crippen LogP contribution in [0.25, 0.3) is 16.5 Å². The topological polar surface area (TPSA) is 157 Å². The molecule has 0 aliphatic carbocycles. The van der Waals surface area contributed by atoms with E-state index >= 15 is 4.79 Å². The second-order valence-electron chi connectivity index (χ2n) is 16.4. The van der Waals surface area contributed by atoms with Crippen molar-refractivity contribution in [3.05, 3.63) is 165 Å². The first-order valence-electron chi connectivity index (χ1n) is 20.3. The van der Waals surface area contributed by atoms with Crippen molar-refractivity contribution in [2.24, 2.45) is 5.92 Å². The zero-order chi connectivity index (χ0) is 43.1. The number of rotatable bonds is 13. The van der Waals surface area contributed by atoms with Crippen LogP contribution in [0.2, 0.25) is 18.6 Å². The maximum absolute atomic E-state index is 15.4. The van der Waals surface area contributed by atoms with E-state index in [9.17, 15) is 24.8 Å². The molecule has 0 saturated carbocycles. The Balaban J connectivity index is 1.18. The van der Waals surface area contributed by atoms with Crippen molar-refractivity contribution < 1.29 is 29.1 Å². The predicted octanol–water partition coefficient (Wildman–Crippen LogP) is 6.48. The number of amides is 2. The SMILES string of the molecule is COc1ccc([Si](C)(C)[C@@H]2[C@@H](CC(=O)N(CCO)Cc3ccccc3)O[C@]3(C(=O)N(Cc4ccc(-n5ncc6ccccc6c5=O)cc4)c4ccc([N+](=O)[O-])cc43)[C@H]2C)cc1. The van der Waals surface area contributed by atoms with Crippen molar-refractivity contribution in [1.82, 2.24) is 14.7 Å². The molecule has 2 aliphatic rings. The molecular weight excluding hydrogens is 791 g/mol. The molecule has 61 heavy (non-hydrogen) atoms. The maximum Gasteiger partial charge on any atom is 0.279 e. The number of anilines is 1. The lowest BCUT2D eigenvalue weighted by atomic mass is 9.82. The smallest absolute Gasteiger partial charge is 0.279 e. The van der Waals surface area contributed by atoms with Gasteiger partial charge in [-0.2, -0.15) is 9.78 Å². The quantitative estimate of drug-likeness (QED) is 0.0782. The number of carbonyl (C=O) groups is 2. The average Bonchev–Trinajstić information content (AvgIpc) is 3.69. The van der Waals surface area contributed by atoms with Crippen molar-refractivity contribution in [3.8, 4) is 11.4 Å². The summed E-state index contributed by atoms with van der Waals surface area (Å²) >= 11 is 0. The first-order chi connectivity index (χ1) is 29.4. The minimum absolute atomic E-state index is 0.0721. The summed E-state index contributed by atoms with van der Waals surface area (Å²) < 4.78 is 13.9. The van der Waals surface area contributed by atoms with E-state index in [0.29, 0.717) is 28.1 Å². The molecule has 5 aromatic carbocycles. The fourth-order valence-corrected chi connectivity index (χ4v) is 13.5. The van der Waals surface area contributed by atoms with Crippen LogP contribution in [0.3, 0.4) is 0 Å². The Labute approximate surface area is 353 Å². The number of fused-ring (bicyclic) bond motifs is 3. The Morgan fingerprint density at radius 2 is 1.66 bits per heavy atom. The van der Waals surface area contributed by atoms with Crippen LogP contribution in [0.15, 0.2) is 132 Å². The largest absolute Gasteiger partial charge is 0.497 e. The van der Waals surface area contributed by atoms with E-state index in [1.54, 1.807) is 53.4 Å². The number of aliphatic hydroxyl groups excluding tert-OH is 1. The Morgan fingerprint density at radius 1 is 0.951 bits per heavy atom. The normalized spacial score (nSPS) is 19.7. The van der Waals surface area contributed by atoms with Gasteiger partial charge in [0.25, 0.3) is 17.2 Å². The average molecular weight is 838 g/mol. The third kappa shape index (κ3) is 7.40. The monoisotopic (exact) mass is 837 g/mol. The zero-order valence-electron chi connectivity index (χ0n) is 34.4. The van der Waals surface area contributed by atoms with E-state index in [1.807, 2.05) is 85.8 Å². The molecular formula is C47H47N5O8Si. The lowest BCUT2D eigenvalue weighted by molar-refractivity contribution is -0.385. The summed E-state index contributed by atoms with van der Waals surface area (Å²) in [6.07, 6.45) is 0.815. The third-order valence-electron chi connectivity index (χ3n) is 12.6. The van der Waals surface area contributed by atoms with Crippen LogP contribution in [0.1, 0.15) is 30.0 Å². The van der Waals surface area contributed by atoms with Gasteiger partial charge < -0.3 is 24.4 Å². The van der Waals surface area contributed by atoms with Gasteiger partial charge >= 0.3 is 0 Å². The second kappa shape index (κ2) is 16.5. The van der Waals surface area contributed by atoms with Crippen LogP contribution in [-0.2, 0) is 33.0 Å². The number of hydrogen-bond acceptors (Lipinski definition) is 9. The fourth-order valence-electron chi connectivity index (χ4n) is 9.49. The zero-order valence-corrected chi connectivity index (χ0v) is 35.4. The fraction of sp³-hybridized carbons (Fsp3) is 0.277. The number of nitrogens with zero attached hydrogens (tertiary/aromatic N) is 5. The van der Waals surface area contributed by atoms with E-state index in [4.69, 9.17) is 9.47 Å². The number of hydrogen-bond donors (Lipinski definition) is 1. The molecule has 2 amide bonds. The van der Waals surface area contributed by atoms with Gasteiger partial charge in [-0.15, -0.1) is 0 Å². The lowest BCUT2D eigenvalue weighted by Gasteiger charge is -2.37. The standard InChI is InChI=1S/C47H47N5O8Si/c1-31-44(61(3,4)38-21-19-37(59-2)20-22-38)42(27-43(54)49(24-25-53)29-32-10-6-5-7-11-32)60-47(31)40-26-36(52(57)58)18-23-41(40)50(46(47)56)30-33-14-16-35(17-15-33)51-45(55)39-13-9-8-12-34(39)28-48-51/h5-23,26,28,31,42,44,53H,24-25,27,29-30H2,1-4H3/t31-,42+,44-,47+/m0/s1. The number of carbonyl (C=O) groups excluding carboxylic acids is 2. The first-order valence-corrected chi connectivity index (χ1v) is 23.4. The predicted molar refractivity (Wildman–Crippen MR) is 235 cm³/mol. The van der Waals surface area contributed by atoms with Gasteiger partial charge in [0.05, 0.1) is 68.7 Å². The molecule has 8 rings (SSSR count). The summed E-state index contributed by atoms with van der Waals surface area (Å²) in [5.74, 6) is -0.438. The van der Waals surface area contributed by atoms with Gasteiger partial charge in [0.1, 0.15) is 5.75 Å². The highest BCUT2D eigenvalue weighted by atomic mass is 28.3. The van der Waals surface area contributed by atoms with E-state index in [0.717, 1.165) is 21.7 Å². The molecule has 6 aromatic rings. The molecule has 0 radical (unpaired) electrons. The maximum atomic E-state index is 15.4. The molecule has 0 bridgehead atoms. The molecule has 2 aliphatic heterocycles. The Kier molecular flexibility index (Phi) is 11.2. The Bertz CT molecular complexity index is 2670. The first kappa shape index (κ1) is 41.3. The molecule has 312 valence electrons. The molecule has 0 unspecified atom stereocenters. The highest BCUT2D eigenvalue weighted by molar-refractivity contribution is 6.91. The number of methoxy groups -OCH3 is 1.